The Morgan fingerprint density at radius 1 is 1.25 bits per heavy atom. The van der Waals surface area contributed by atoms with Gasteiger partial charge in [-0.25, -0.2) is 9.69 Å². The number of nitrogens with zero attached hydrogens (tertiary/aromatic N) is 1. The molecule has 1 aromatic rings. The summed E-state index contributed by atoms with van der Waals surface area (Å²) in [6.07, 6.45) is 1.86. The van der Waals surface area contributed by atoms with Crippen LogP contribution in [0.2, 0.25) is 0 Å². The minimum absolute atomic E-state index is 0.403. The third-order valence-corrected chi connectivity index (χ3v) is 4.97. The number of nitrogens with one attached hydrogen (secondary N) is 1. The predicted octanol–water partition coefficient (Wildman–Crippen LogP) is 2.51. The molecule has 1 spiro atoms. The molecule has 1 aromatic carbocycles. The Morgan fingerprint density at radius 3 is 2.50 bits per heavy atom. The lowest BCUT2D eigenvalue weighted by Gasteiger charge is -2.44. The molecular weight excluding hydrogens is 324 g/mol. The molecule has 0 bridgehead atoms. The van der Waals surface area contributed by atoms with Crippen LogP contribution in [0.15, 0.2) is 22.7 Å². The first-order chi connectivity index (χ1) is 9.45. The molecule has 1 saturated carbocycles. The fraction of sp³-hybridized carbons (Fsp3) is 0.357. The molecule has 1 heterocycles. The van der Waals surface area contributed by atoms with Crippen molar-refractivity contribution in [1.29, 1.82) is 0 Å². The number of aryl methyl sites for hydroxylation is 1. The topological polar surface area (TPSA) is 66.5 Å². The minimum Gasteiger partial charge on any atom is -0.276 e. The molecule has 104 valence electrons. The standard InChI is InChI=1S/C14H13BrN2O3/c1-8-7-9(3-4-10(8)15)17-12(19)14(5-2-6-14)11(18)16-13(17)20/h3-4,7H,2,5-6H2,1H3,(H,16,18,20). The van der Waals surface area contributed by atoms with Gasteiger partial charge in [0.1, 0.15) is 5.41 Å². The fourth-order valence-corrected chi connectivity index (χ4v) is 2.90. The molecule has 2 aliphatic rings. The van der Waals surface area contributed by atoms with Crippen molar-refractivity contribution in [2.75, 3.05) is 4.90 Å². The fourth-order valence-electron chi connectivity index (χ4n) is 2.65. The highest BCUT2D eigenvalue weighted by Gasteiger charge is 2.57. The van der Waals surface area contributed by atoms with Crippen molar-refractivity contribution in [1.82, 2.24) is 5.32 Å². The molecule has 3 rings (SSSR count). The van der Waals surface area contributed by atoms with Gasteiger partial charge in [-0.2, -0.15) is 0 Å². The van der Waals surface area contributed by atoms with Crippen LogP contribution in [0.4, 0.5) is 10.5 Å². The molecule has 6 heteroatoms. The van der Waals surface area contributed by atoms with Crippen LogP contribution >= 0.6 is 15.9 Å². The first-order valence-electron chi connectivity index (χ1n) is 6.42. The maximum absolute atomic E-state index is 12.6. The van der Waals surface area contributed by atoms with E-state index in [9.17, 15) is 14.4 Å². The normalized spacial score (nSPS) is 20.9. The summed E-state index contributed by atoms with van der Waals surface area (Å²) in [5.74, 6) is -0.858. The van der Waals surface area contributed by atoms with Gasteiger partial charge in [0.15, 0.2) is 0 Å². The smallest absolute Gasteiger partial charge is 0.276 e. The predicted molar refractivity (Wildman–Crippen MR) is 76.2 cm³/mol. The highest BCUT2D eigenvalue weighted by molar-refractivity contribution is 9.10. The third-order valence-electron chi connectivity index (χ3n) is 4.08. The lowest BCUT2D eigenvalue weighted by molar-refractivity contribution is -0.148. The largest absolute Gasteiger partial charge is 0.335 e. The van der Waals surface area contributed by atoms with Crippen LogP contribution in [-0.2, 0) is 9.59 Å². The summed E-state index contributed by atoms with van der Waals surface area (Å²) in [6.45, 7) is 1.88. The van der Waals surface area contributed by atoms with E-state index in [0.717, 1.165) is 21.4 Å². The van der Waals surface area contributed by atoms with Crippen LogP contribution in [0.3, 0.4) is 0 Å². The Balaban J connectivity index is 2.03. The average molecular weight is 337 g/mol. The Morgan fingerprint density at radius 2 is 1.95 bits per heavy atom. The van der Waals surface area contributed by atoms with Gasteiger partial charge in [-0.3, -0.25) is 14.9 Å². The molecule has 0 unspecified atom stereocenters. The van der Waals surface area contributed by atoms with Crippen molar-refractivity contribution >= 4 is 39.5 Å². The van der Waals surface area contributed by atoms with Crippen molar-refractivity contribution in [3.63, 3.8) is 0 Å². The Kier molecular flexibility index (Phi) is 2.93. The summed E-state index contributed by atoms with van der Waals surface area (Å²) in [5, 5.41) is 2.30. The Hall–Kier alpha value is -1.69. The van der Waals surface area contributed by atoms with E-state index in [-0.39, 0.29) is 0 Å². The number of amides is 4. The molecule has 0 atom stereocenters. The number of imide groups is 2. The number of rotatable bonds is 1. The number of halogens is 1. The van der Waals surface area contributed by atoms with Crippen LogP contribution in [0, 0.1) is 12.3 Å². The van der Waals surface area contributed by atoms with E-state index in [2.05, 4.69) is 21.2 Å². The van der Waals surface area contributed by atoms with Gasteiger partial charge >= 0.3 is 6.03 Å². The average Bonchev–Trinajstić information content (AvgIpc) is 2.31. The second kappa shape index (κ2) is 4.41. The number of carbonyl (C=O) groups is 3. The zero-order chi connectivity index (χ0) is 14.5. The van der Waals surface area contributed by atoms with Crippen LogP contribution in [0.1, 0.15) is 24.8 Å². The van der Waals surface area contributed by atoms with Crippen LogP contribution in [-0.4, -0.2) is 17.8 Å². The first-order valence-corrected chi connectivity index (χ1v) is 7.21. The van der Waals surface area contributed by atoms with E-state index in [0.29, 0.717) is 18.5 Å². The van der Waals surface area contributed by atoms with E-state index in [1.165, 1.54) is 0 Å². The van der Waals surface area contributed by atoms with E-state index in [4.69, 9.17) is 0 Å². The van der Waals surface area contributed by atoms with Gasteiger partial charge in [0.2, 0.25) is 5.91 Å². The summed E-state index contributed by atoms with van der Waals surface area (Å²) in [6, 6.07) is 4.56. The number of anilines is 1. The monoisotopic (exact) mass is 336 g/mol. The molecule has 0 radical (unpaired) electrons. The third kappa shape index (κ3) is 1.71. The van der Waals surface area contributed by atoms with Crippen LogP contribution in [0.5, 0.6) is 0 Å². The summed E-state index contributed by atoms with van der Waals surface area (Å²) < 4.78 is 0.903. The Bertz CT molecular complexity index is 637. The van der Waals surface area contributed by atoms with Gasteiger partial charge in [-0.1, -0.05) is 22.4 Å². The molecule has 4 amide bonds. The van der Waals surface area contributed by atoms with Gasteiger partial charge in [-0.15, -0.1) is 0 Å². The maximum Gasteiger partial charge on any atom is 0.335 e. The number of urea groups is 1. The highest BCUT2D eigenvalue weighted by Crippen LogP contribution is 2.45. The zero-order valence-electron chi connectivity index (χ0n) is 10.9. The summed E-state index contributed by atoms with van der Waals surface area (Å²) >= 11 is 3.38. The number of hydrogen-bond donors (Lipinski definition) is 1. The number of benzene rings is 1. The second-order valence-corrected chi connectivity index (χ2v) is 6.12. The number of barbiturate groups is 1. The quantitative estimate of drug-likeness (QED) is 0.801. The molecular formula is C14H13BrN2O3. The molecule has 1 saturated heterocycles. The van der Waals surface area contributed by atoms with Crippen molar-refractivity contribution in [2.45, 2.75) is 26.2 Å². The molecule has 1 aliphatic carbocycles. The zero-order valence-corrected chi connectivity index (χ0v) is 12.5. The second-order valence-electron chi connectivity index (χ2n) is 5.27. The van der Waals surface area contributed by atoms with Crippen LogP contribution in [0.25, 0.3) is 0 Å². The van der Waals surface area contributed by atoms with Crippen molar-refractivity contribution < 1.29 is 14.4 Å². The molecule has 20 heavy (non-hydrogen) atoms. The van der Waals surface area contributed by atoms with Gasteiger partial charge < -0.3 is 0 Å². The Labute approximate surface area is 124 Å². The highest BCUT2D eigenvalue weighted by atomic mass is 79.9. The van der Waals surface area contributed by atoms with E-state index in [1.807, 2.05) is 6.92 Å². The minimum atomic E-state index is -1.03. The molecule has 1 aliphatic heterocycles. The van der Waals surface area contributed by atoms with Crippen LogP contribution < -0.4 is 10.2 Å². The van der Waals surface area contributed by atoms with Crippen molar-refractivity contribution in [2.24, 2.45) is 5.41 Å². The SMILES string of the molecule is Cc1cc(N2C(=O)NC(=O)C3(CCC3)C2=O)ccc1Br. The maximum atomic E-state index is 12.6. The number of carbonyl (C=O) groups excluding carboxylic acids is 3. The molecule has 2 fully saturated rings. The summed E-state index contributed by atoms with van der Waals surface area (Å²) in [4.78, 5) is 37.6. The summed E-state index contributed by atoms with van der Waals surface area (Å²) in [5.41, 5.74) is 0.379. The van der Waals surface area contributed by atoms with E-state index < -0.39 is 23.3 Å². The van der Waals surface area contributed by atoms with E-state index >= 15 is 0 Å². The molecule has 5 nitrogen and oxygen atoms in total. The van der Waals surface area contributed by atoms with Gasteiger partial charge in [0, 0.05) is 4.47 Å². The first kappa shape index (κ1) is 13.3. The summed E-state index contributed by atoms with van der Waals surface area (Å²) in [7, 11) is 0. The molecule has 1 N–H and O–H groups in total. The lowest BCUT2D eigenvalue weighted by atomic mass is 9.66. The van der Waals surface area contributed by atoms with Crippen molar-refractivity contribution in [3.05, 3.63) is 28.2 Å². The van der Waals surface area contributed by atoms with Gasteiger partial charge in [-0.05, 0) is 43.5 Å². The van der Waals surface area contributed by atoms with E-state index in [1.54, 1.807) is 18.2 Å². The van der Waals surface area contributed by atoms with Gasteiger partial charge in [0.25, 0.3) is 5.91 Å². The van der Waals surface area contributed by atoms with Crippen molar-refractivity contribution in [3.8, 4) is 0 Å². The molecule has 0 aromatic heterocycles. The number of hydrogen-bond acceptors (Lipinski definition) is 3. The van der Waals surface area contributed by atoms with Gasteiger partial charge in [0.05, 0.1) is 5.69 Å². The lowest BCUT2D eigenvalue weighted by Crippen LogP contribution is -2.66.